The Hall–Kier alpha value is -4.93. The van der Waals surface area contributed by atoms with Gasteiger partial charge < -0.3 is 4.57 Å². The molecule has 182 valence electrons. The lowest BCUT2D eigenvalue weighted by molar-refractivity contribution is 1.15. The SMILES string of the molecule is c1ccc(-n2c3ccccc3c3c4cc5c6ccccc6n(-c6nc7ccccc7s6)c5cc4ccc32)cc1. The molecule has 0 bridgehead atoms. The summed E-state index contributed by atoms with van der Waals surface area (Å²) in [7, 11) is 0. The highest BCUT2D eigenvalue weighted by Crippen LogP contribution is 2.41. The van der Waals surface area contributed by atoms with Gasteiger partial charge in [0.15, 0.2) is 5.13 Å². The minimum Gasteiger partial charge on any atom is -0.309 e. The Morgan fingerprint density at radius 3 is 2.05 bits per heavy atom. The number of rotatable bonds is 2. The van der Waals surface area contributed by atoms with E-state index in [4.69, 9.17) is 4.98 Å². The highest BCUT2D eigenvalue weighted by atomic mass is 32.1. The van der Waals surface area contributed by atoms with E-state index in [2.05, 4.69) is 137 Å². The fraction of sp³-hybridized carbons (Fsp3) is 0. The summed E-state index contributed by atoms with van der Waals surface area (Å²) in [4.78, 5) is 5.04. The molecule has 0 unspecified atom stereocenters. The van der Waals surface area contributed by atoms with Crippen molar-refractivity contribution in [1.29, 1.82) is 0 Å². The van der Waals surface area contributed by atoms with Crippen molar-refractivity contribution in [2.45, 2.75) is 0 Å². The van der Waals surface area contributed by atoms with Gasteiger partial charge in [-0.3, -0.25) is 4.57 Å². The summed E-state index contributed by atoms with van der Waals surface area (Å²) in [5.41, 5.74) is 7.04. The van der Waals surface area contributed by atoms with Crippen LogP contribution in [0.2, 0.25) is 0 Å². The molecule has 0 aliphatic carbocycles. The van der Waals surface area contributed by atoms with E-state index >= 15 is 0 Å². The summed E-state index contributed by atoms with van der Waals surface area (Å²) in [5.74, 6) is 0. The zero-order valence-electron chi connectivity index (χ0n) is 20.9. The first-order chi connectivity index (χ1) is 19.3. The van der Waals surface area contributed by atoms with Gasteiger partial charge in [-0.05, 0) is 65.4 Å². The molecule has 0 saturated heterocycles. The fourth-order valence-corrected chi connectivity index (χ4v) is 7.27. The van der Waals surface area contributed by atoms with Crippen LogP contribution in [0.1, 0.15) is 0 Å². The molecule has 3 heterocycles. The third kappa shape index (κ3) is 2.89. The third-order valence-electron chi connectivity index (χ3n) is 7.93. The average Bonchev–Trinajstić information content (AvgIpc) is 3.66. The molecule has 4 heteroatoms. The van der Waals surface area contributed by atoms with Gasteiger partial charge in [0.2, 0.25) is 0 Å². The molecule has 0 radical (unpaired) electrons. The first-order valence-corrected chi connectivity index (χ1v) is 14.0. The summed E-state index contributed by atoms with van der Waals surface area (Å²) < 4.78 is 5.93. The third-order valence-corrected chi connectivity index (χ3v) is 8.96. The second-order valence-electron chi connectivity index (χ2n) is 10.1. The molecule has 0 amide bonds. The Kier molecular flexibility index (Phi) is 4.21. The van der Waals surface area contributed by atoms with Gasteiger partial charge >= 0.3 is 0 Å². The summed E-state index contributed by atoms with van der Waals surface area (Å²) in [5, 5.41) is 8.58. The van der Waals surface area contributed by atoms with Crippen LogP contribution in [-0.4, -0.2) is 14.1 Å². The summed E-state index contributed by atoms with van der Waals surface area (Å²) in [6.07, 6.45) is 0. The molecule has 0 aliphatic heterocycles. The van der Waals surface area contributed by atoms with Crippen LogP contribution in [0.25, 0.3) is 75.4 Å². The smallest absolute Gasteiger partial charge is 0.195 e. The highest BCUT2D eigenvalue weighted by Gasteiger charge is 2.19. The van der Waals surface area contributed by atoms with Crippen molar-refractivity contribution < 1.29 is 0 Å². The number of para-hydroxylation sites is 4. The summed E-state index contributed by atoms with van der Waals surface area (Å²) >= 11 is 1.74. The summed E-state index contributed by atoms with van der Waals surface area (Å²) in [6.45, 7) is 0. The maximum Gasteiger partial charge on any atom is 0.195 e. The Bertz CT molecular complexity index is 2360. The number of aromatic nitrogens is 3. The van der Waals surface area contributed by atoms with Crippen LogP contribution in [0.15, 0.2) is 127 Å². The number of hydrogen-bond donors (Lipinski definition) is 0. The molecule has 0 aliphatic rings. The lowest BCUT2D eigenvalue weighted by Gasteiger charge is -2.08. The predicted molar refractivity (Wildman–Crippen MR) is 166 cm³/mol. The predicted octanol–water partition coefficient (Wildman–Crippen LogP) is 9.64. The molecular weight excluding hydrogens is 494 g/mol. The quantitative estimate of drug-likeness (QED) is 0.225. The number of hydrogen-bond acceptors (Lipinski definition) is 2. The lowest BCUT2D eigenvalue weighted by atomic mass is 10.0. The topological polar surface area (TPSA) is 22.8 Å². The second kappa shape index (κ2) is 7.79. The molecule has 0 fully saturated rings. The summed E-state index contributed by atoms with van der Waals surface area (Å²) in [6, 6.07) is 45.8. The van der Waals surface area contributed by atoms with Gasteiger partial charge in [0.05, 0.1) is 32.3 Å². The van der Waals surface area contributed by atoms with E-state index in [9.17, 15) is 0 Å². The van der Waals surface area contributed by atoms with Crippen molar-refractivity contribution in [3.8, 4) is 10.8 Å². The molecule has 0 atom stereocenters. The second-order valence-corrected chi connectivity index (χ2v) is 11.1. The molecule has 6 aromatic carbocycles. The molecule has 9 rings (SSSR count). The standard InChI is InChI=1S/C35H21N3S/c1-2-10-23(11-3-1)37-30-16-8-5-13-25(30)34-26-21-27-24-12-4-7-15-29(24)38(32(27)20-22(26)18-19-31(34)37)35-36-28-14-6-9-17-33(28)39-35/h1-21H. The van der Waals surface area contributed by atoms with Crippen molar-refractivity contribution in [2.24, 2.45) is 0 Å². The Balaban J connectivity index is 1.43. The Labute approximate surface area is 227 Å². The van der Waals surface area contributed by atoms with Crippen molar-refractivity contribution in [1.82, 2.24) is 14.1 Å². The average molecular weight is 516 g/mol. The first-order valence-electron chi connectivity index (χ1n) is 13.2. The number of benzene rings is 6. The van der Waals surface area contributed by atoms with Crippen LogP contribution in [-0.2, 0) is 0 Å². The molecule has 0 spiro atoms. The van der Waals surface area contributed by atoms with Crippen molar-refractivity contribution >= 4 is 75.9 Å². The van der Waals surface area contributed by atoms with Crippen molar-refractivity contribution in [3.05, 3.63) is 127 Å². The van der Waals surface area contributed by atoms with Crippen LogP contribution in [0.3, 0.4) is 0 Å². The van der Waals surface area contributed by atoms with Crippen LogP contribution in [0.4, 0.5) is 0 Å². The molecule has 3 nitrogen and oxygen atoms in total. The minimum atomic E-state index is 1.00. The largest absolute Gasteiger partial charge is 0.309 e. The van der Waals surface area contributed by atoms with E-state index in [0.717, 1.165) is 10.6 Å². The number of fused-ring (bicyclic) bond motifs is 9. The zero-order chi connectivity index (χ0) is 25.5. The van der Waals surface area contributed by atoms with Crippen LogP contribution in [0.5, 0.6) is 0 Å². The van der Waals surface area contributed by atoms with Gasteiger partial charge in [-0.25, -0.2) is 4.98 Å². The van der Waals surface area contributed by atoms with E-state index in [1.807, 2.05) is 0 Å². The monoisotopic (exact) mass is 515 g/mol. The molecule has 9 aromatic rings. The minimum absolute atomic E-state index is 1.00. The van der Waals surface area contributed by atoms with Gasteiger partial charge in [0, 0.05) is 27.2 Å². The Morgan fingerprint density at radius 1 is 0.487 bits per heavy atom. The molecular formula is C35H21N3S. The number of thiazole rings is 1. The first kappa shape index (κ1) is 21.1. The van der Waals surface area contributed by atoms with E-state index in [-0.39, 0.29) is 0 Å². The van der Waals surface area contributed by atoms with Gasteiger partial charge in [-0.2, -0.15) is 0 Å². The van der Waals surface area contributed by atoms with Crippen molar-refractivity contribution in [3.63, 3.8) is 0 Å². The lowest BCUT2D eigenvalue weighted by Crippen LogP contribution is -1.93. The Morgan fingerprint density at radius 2 is 1.21 bits per heavy atom. The molecule has 0 N–H and O–H groups in total. The van der Waals surface area contributed by atoms with Gasteiger partial charge in [-0.1, -0.05) is 84.1 Å². The molecule has 39 heavy (non-hydrogen) atoms. The normalized spacial score (nSPS) is 12.1. The maximum absolute atomic E-state index is 5.04. The van der Waals surface area contributed by atoms with E-state index in [1.54, 1.807) is 11.3 Å². The number of nitrogens with zero attached hydrogens (tertiary/aromatic N) is 3. The fourth-order valence-electron chi connectivity index (χ4n) is 6.27. The van der Waals surface area contributed by atoms with Gasteiger partial charge in [0.1, 0.15) is 0 Å². The molecule has 0 saturated carbocycles. The van der Waals surface area contributed by atoms with Crippen molar-refractivity contribution in [2.75, 3.05) is 0 Å². The van der Waals surface area contributed by atoms with Gasteiger partial charge in [-0.15, -0.1) is 0 Å². The van der Waals surface area contributed by atoms with Crippen LogP contribution in [0, 0.1) is 0 Å². The van der Waals surface area contributed by atoms with Gasteiger partial charge in [0.25, 0.3) is 0 Å². The molecule has 3 aromatic heterocycles. The van der Waals surface area contributed by atoms with Crippen LogP contribution >= 0.6 is 11.3 Å². The van der Waals surface area contributed by atoms with E-state index in [1.165, 1.54) is 64.8 Å². The van der Waals surface area contributed by atoms with E-state index < -0.39 is 0 Å². The van der Waals surface area contributed by atoms with E-state index in [0.29, 0.717) is 0 Å². The van der Waals surface area contributed by atoms with Crippen LogP contribution < -0.4 is 0 Å². The highest BCUT2D eigenvalue weighted by molar-refractivity contribution is 7.20. The maximum atomic E-state index is 5.04. The zero-order valence-corrected chi connectivity index (χ0v) is 21.7.